The van der Waals surface area contributed by atoms with Crippen molar-refractivity contribution in [2.45, 2.75) is 6.54 Å². The number of nitriles is 1. The first kappa shape index (κ1) is 18.5. The van der Waals surface area contributed by atoms with E-state index >= 15 is 0 Å². The molecule has 0 spiro atoms. The lowest BCUT2D eigenvalue weighted by molar-refractivity contribution is 0.233. The molecule has 148 valence electrons. The largest absolute Gasteiger partial charge is 0.314 e. The minimum absolute atomic E-state index is 0.643. The second-order valence-corrected chi connectivity index (χ2v) is 7.55. The number of piperazine rings is 1. The van der Waals surface area contributed by atoms with Crippen LogP contribution in [0.3, 0.4) is 0 Å². The molecule has 2 aromatic heterocycles. The Balaban J connectivity index is 1.42. The van der Waals surface area contributed by atoms with Gasteiger partial charge >= 0.3 is 0 Å². The molecule has 0 amide bonds. The van der Waals surface area contributed by atoms with Crippen molar-refractivity contribution in [3.8, 4) is 28.5 Å². The van der Waals surface area contributed by atoms with Crippen molar-refractivity contribution >= 4 is 5.65 Å². The Morgan fingerprint density at radius 3 is 2.40 bits per heavy atom. The van der Waals surface area contributed by atoms with Crippen molar-refractivity contribution in [2.24, 2.45) is 0 Å². The fourth-order valence-electron chi connectivity index (χ4n) is 3.87. The van der Waals surface area contributed by atoms with Crippen LogP contribution in [-0.2, 0) is 6.54 Å². The molecule has 0 radical (unpaired) electrons. The zero-order valence-electron chi connectivity index (χ0n) is 16.6. The monoisotopic (exact) mass is 394 g/mol. The minimum Gasteiger partial charge on any atom is -0.314 e. The molecule has 6 nitrogen and oxygen atoms in total. The van der Waals surface area contributed by atoms with Crippen LogP contribution in [-0.4, -0.2) is 45.7 Å². The quantitative estimate of drug-likeness (QED) is 0.575. The predicted molar refractivity (Wildman–Crippen MR) is 117 cm³/mol. The van der Waals surface area contributed by atoms with Crippen LogP contribution >= 0.6 is 0 Å². The molecular weight excluding hydrogens is 372 g/mol. The summed E-state index contributed by atoms with van der Waals surface area (Å²) in [7, 11) is 0. The van der Waals surface area contributed by atoms with Crippen LogP contribution < -0.4 is 5.32 Å². The normalized spacial score (nSPS) is 14.6. The average molecular weight is 394 g/mol. The van der Waals surface area contributed by atoms with E-state index in [1.807, 2.05) is 42.7 Å². The van der Waals surface area contributed by atoms with Gasteiger partial charge in [0.15, 0.2) is 5.65 Å². The Morgan fingerprint density at radius 1 is 0.933 bits per heavy atom. The van der Waals surface area contributed by atoms with E-state index < -0.39 is 0 Å². The predicted octanol–water partition coefficient (Wildman–Crippen LogP) is 3.34. The van der Waals surface area contributed by atoms with E-state index in [4.69, 9.17) is 10.2 Å². The lowest BCUT2D eigenvalue weighted by Gasteiger charge is -2.27. The molecule has 4 aromatic rings. The maximum Gasteiger partial charge on any atom is 0.163 e. The number of nitrogens with one attached hydrogen (secondary N) is 1. The molecule has 1 aliphatic heterocycles. The van der Waals surface area contributed by atoms with Gasteiger partial charge in [-0.15, -0.1) is 0 Å². The Morgan fingerprint density at radius 2 is 1.67 bits per heavy atom. The molecule has 1 aliphatic rings. The van der Waals surface area contributed by atoms with Gasteiger partial charge in [-0.1, -0.05) is 36.4 Å². The van der Waals surface area contributed by atoms with Crippen LogP contribution in [0.1, 0.15) is 11.1 Å². The molecule has 0 bridgehead atoms. The highest BCUT2D eigenvalue weighted by Gasteiger charge is 2.12. The maximum atomic E-state index is 9.02. The number of fused-ring (bicyclic) bond motifs is 1. The first-order chi connectivity index (χ1) is 14.8. The fraction of sp³-hybridized carbons (Fsp3) is 0.208. The summed E-state index contributed by atoms with van der Waals surface area (Å²) in [6.07, 6.45) is 3.77. The first-order valence-corrected chi connectivity index (χ1v) is 10.2. The SMILES string of the molecule is N#Cc1ccc(-c2cnn3ccc(-c4ccc(CN5CCNCC5)cc4)nc23)cc1. The molecule has 1 fully saturated rings. The number of aromatic nitrogens is 3. The Hall–Kier alpha value is -3.53. The van der Waals surface area contributed by atoms with Gasteiger partial charge in [-0.05, 0) is 29.3 Å². The third kappa shape index (κ3) is 3.69. The van der Waals surface area contributed by atoms with E-state index in [0.29, 0.717) is 5.56 Å². The molecular formula is C24H22N6. The van der Waals surface area contributed by atoms with Crippen molar-refractivity contribution in [3.63, 3.8) is 0 Å². The van der Waals surface area contributed by atoms with Gasteiger partial charge in [0.05, 0.1) is 23.5 Å². The van der Waals surface area contributed by atoms with Crippen LogP contribution in [0.25, 0.3) is 28.0 Å². The van der Waals surface area contributed by atoms with Crippen molar-refractivity contribution in [1.82, 2.24) is 24.8 Å². The summed E-state index contributed by atoms with van der Waals surface area (Å²) in [5.41, 5.74) is 6.74. The van der Waals surface area contributed by atoms with Gasteiger partial charge in [0.25, 0.3) is 0 Å². The van der Waals surface area contributed by atoms with Crippen LogP contribution in [0.4, 0.5) is 0 Å². The molecule has 0 atom stereocenters. The van der Waals surface area contributed by atoms with E-state index in [1.54, 1.807) is 4.52 Å². The average Bonchev–Trinajstić information content (AvgIpc) is 3.24. The molecule has 5 rings (SSSR count). The van der Waals surface area contributed by atoms with E-state index in [-0.39, 0.29) is 0 Å². The standard InChI is InChI=1S/C24H22N6/c25-15-18-1-5-20(6-2-18)22-16-27-30-12-9-23(28-24(22)30)21-7-3-19(4-8-21)17-29-13-10-26-11-14-29/h1-9,12,16,26H,10-11,13-14,17H2. The second kappa shape index (κ2) is 8.07. The van der Waals surface area contributed by atoms with Gasteiger partial charge in [-0.3, -0.25) is 4.90 Å². The van der Waals surface area contributed by atoms with Crippen LogP contribution in [0.15, 0.2) is 67.0 Å². The third-order valence-electron chi connectivity index (χ3n) is 5.56. The minimum atomic E-state index is 0.643. The van der Waals surface area contributed by atoms with Gasteiger partial charge in [-0.25, -0.2) is 9.50 Å². The molecule has 2 aromatic carbocycles. The summed E-state index contributed by atoms with van der Waals surface area (Å²) in [6, 6.07) is 20.4. The van der Waals surface area contributed by atoms with Crippen LogP contribution in [0, 0.1) is 11.3 Å². The fourth-order valence-corrected chi connectivity index (χ4v) is 3.87. The molecule has 1 saturated heterocycles. The summed E-state index contributed by atoms with van der Waals surface area (Å²) in [4.78, 5) is 7.36. The van der Waals surface area contributed by atoms with Crippen molar-refractivity contribution in [3.05, 3.63) is 78.1 Å². The van der Waals surface area contributed by atoms with Crippen molar-refractivity contribution < 1.29 is 0 Å². The van der Waals surface area contributed by atoms with Gasteiger partial charge in [0.2, 0.25) is 0 Å². The van der Waals surface area contributed by atoms with Gasteiger partial charge in [0.1, 0.15) is 0 Å². The van der Waals surface area contributed by atoms with Crippen LogP contribution in [0.5, 0.6) is 0 Å². The lowest BCUT2D eigenvalue weighted by atomic mass is 10.1. The lowest BCUT2D eigenvalue weighted by Crippen LogP contribution is -2.42. The Bertz CT molecular complexity index is 1200. The molecule has 3 heterocycles. The summed E-state index contributed by atoms with van der Waals surface area (Å²) in [6.45, 7) is 5.31. The van der Waals surface area contributed by atoms with Crippen molar-refractivity contribution in [1.29, 1.82) is 5.26 Å². The molecule has 0 saturated carbocycles. The number of hydrogen-bond donors (Lipinski definition) is 1. The first-order valence-electron chi connectivity index (χ1n) is 10.2. The van der Waals surface area contributed by atoms with Crippen molar-refractivity contribution in [2.75, 3.05) is 26.2 Å². The van der Waals surface area contributed by atoms with E-state index in [9.17, 15) is 0 Å². The highest BCUT2D eigenvalue weighted by molar-refractivity contribution is 5.78. The number of rotatable bonds is 4. The molecule has 0 unspecified atom stereocenters. The molecule has 0 aliphatic carbocycles. The van der Waals surface area contributed by atoms with Gasteiger partial charge in [0, 0.05) is 50.0 Å². The topological polar surface area (TPSA) is 69.2 Å². The van der Waals surface area contributed by atoms with Gasteiger partial charge < -0.3 is 5.32 Å². The highest BCUT2D eigenvalue weighted by atomic mass is 15.2. The Kier molecular flexibility index (Phi) is 4.98. The summed E-state index contributed by atoms with van der Waals surface area (Å²) in [5, 5.41) is 16.8. The van der Waals surface area contributed by atoms with Crippen LogP contribution in [0.2, 0.25) is 0 Å². The summed E-state index contributed by atoms with van der Waals surface area (Å²) in [5.74, 6) is 0. The number of nitrogens with zero attached hydrogens (tertiary/aromatic N) is 5. The maximum absolute atomic E-state index is 9.02. The second-order valence-electron chi connectivity index (χ2n) is 7.55. The van der Waals surface area contributed by atoms with Gasteiger partial charge in [-0.2, -0.15) is 10.4 Å². The molecule has 1 N–H and O–H groups in total. The highest BCUT2D eigenvalue weighted by Crippen LogP contribution is 2.26. The number of hydrogen-bond acceptors (Lipinski definition) is 5. The molecule has 6 heteroatoms. The summed E-state index contributed by atoms with van der Waals surface area (Å²) < 4.78 is 1.79. The summed E-state index contributed by atoms with van der Waals surface area (Å²) >= 11 is 0. The Labute approximate surface area is 175 Å². The molecule has 30 heavy (non-hydrogen) atoms. The zero-order valence-corrected chi connectivity index (χ0v) is 16.6. The smallest absolute Gasteiger partial charge is 0.163 e. The number of benzene rings is 2. The van der Waals surface area contributed by atoms with E-state index in [2.05, 4.69) is 45.7 Å². The van der Waals surface area contributed by atoms with E-state index in [0.717, 1.165) is 60.8 Å². The zero-order chi connectivity index (χ0) is 20.3. The third-order valence-corrected chi connectivity index (χ3v) is 5.56. The van der Waals surface area contributed by atoms with E-state index in [1.165, 1.54) is 5.56 Å².